The molecule has 21 heavy (non-hydrogen) atoms. The number of hydrogen-bond donors (Lipinski definition) is 0. The molecule has 2 aromatic carbocycles. The molecular formula is C17H13N3O. The lowest BCUT2D eigenvalue weighted by Gasteiger charge is -2.20. The largest absolute Gasteiger partial charge is 0.306 e. The summed E-state index contributed by atoms with van der Waals surface area (Å²) < 4.78 is 0. The third-order valence-corrected chi connectivity index (χ3v) is 3.84. The molecule has 0 aromatic heterocycles. The van der Waals surface area contributed by atoms with E-state index in [1.165, 1.54) is 0 Å². The summed E-state index contributed by atoms with van der Waals surface area (Å²) in [6, 6.07) is 15.7. The number of carbonyl (C=O) groups excluding carboxylic acids is 1. The Hall–Kier alpha value is -2.85. The van der Waals surface area contributed by atoms with E-state index < -0.39 is 0 Å². The molecule has 4 nitrogen and oxygen atoms in total. The van der Waals surface area contributed by atoms with E-state index >= 15 is 0 Å². The lowest BCUT2D eigenvalue weighted by molar-refractivity contribution is 0.0990. The van der Waals surface area contributed by atoms with Gasteiger partial charge >= 0.3 is 0 Å². The molecule has 0 saturated carbocycles. The van der Waals surface area contributed by atoms with Crippen LogP contribution in [0, 0.1) is 28.6 Å². The van der Waals surface area contributed by atoms with Crippen LogP contribution in [0.1, 0.15) is 23.2 Å². The number of benzene rings is 2. The predicted molar refractivity (Wildman–Crippen MR) is 79.6 cm³/mol. The molecule has 0 saturated heterocycles. The molecule has 0 radical (unpaired) electrons. The average molecular weight is 275 g/mol. The maximum atomic E-state index is 12.6. The Kier molecular flexibility index (Phi) is 3.30. The van der Waals surface area contributed by atoms with Crippen molar-refractivity contribution in [2.24, 2.45) is 5.92 Å². The van der Waals surface area contributed by atoms with Crippen molar-refractivity contribution in [2.75, 3.05) is 11.4 Å². The maximum Gasteiger partial charge on any atom is 0.259 e. The Balaban J connectivity index is 1.97. The minimum absolute atomic E-state index is 0.0565. The van der Waals surface area contributed by atoms with Crippen LogP contribution < -0.4 is 4.90 Å². The van der Waals surface area contributed by atoms with E-state index in [1.54, 1.807) is 4.90 Å². The number of hydrogen-bond acceptors (Lipinski definition) is 3. The quantitative estimate of drug-likeness (QED) is 0.860. The van der Waals surface area contributed by atoms with Gasteiger partial charge in [-0.15, -0.1) is 0 Å². The normalized spacial score (nSPS) is 14.0. The molecule has 3 rings (SSSR count). The third-order valence-electron chi connectivity index (χ3n) is 3.84. The first kappa shape index (κ1) is 13.1. The van der Waals surface area contributed by atoms with Gasteiger partial charge in [0.1, 0.15) is 0 Å². The molecule has 0 aliphatic carbocycles. The van der Waals surface area contributed by atoms with Crippen molar-refractivity contribution >= 4 is 22.4 Å². The van der Waals surface area contributed by atoms with E-state index in [1.807, 2.05) is 36.4 Å². The molecule has 0 N–H and O–H groups in total. The first-order chi connectivity index (χ1) is 10.3. The van der Waals surface area contributed by atoms with E-state index in [0.717, 1.165) is 16.5 Å². The minimum Gasteiger partial charge on any atom is -0.306 e. The van der Waals surface area contributed by atoms with Crippen LogP contribution >= 0.6 is 0 Å². The Morgan fingerprint density at radius 3 is 2.62 bits per heavy atom. The van der Waals surface area contributed by atoms with E-state index in [9.17, 15) is 10.1 Å². The second-order valence-corrected chi connectivity index (χ2v) is 5.12. The summed E-state index contributed by atoms with van der Waals surface area (Å²) in [5.41, 5.74) is 1.56. The fourth-order valence-corrected chi connectivity index (χ4v) is 2.82. The Morgan fingerprint density at radius 2 is 1.90 bits per heavy atom. The lowest BCUT2D eigenvalue weighted by Crippen LogP contribution is -2.31. The summed E-state index contributed by atoms with van der Waals surface area (Å²) >= 11 is 0. The summed E-state index contributed by atoms with van der Waals surface area (Å²) in [4.78, 5) is 14.2. The molecule has 1 aliphatic heterocycles. The summed E-state index contributed by atoms with van der Waals surface area (Å²) in [6.07, 6.45) is 0.820. The summed E-state index contributed by atoms with van der Waals surface area (Å²) in [6.45, 7) is 0.338. The van der Waals surface area contributed by atoms with Gasteiger partial charge in [-0.25, -0.2) is 0 Å². The number of carbonyl (C=O) groups is 1. The fraction of sp³-hybridized carbons (Fsp3) is 0.235. The number of amides is 1. The smallest absolute Gasteiger partial charge is 0.259 e. The van der Waals surface area contributed by atoms with E-state index in [2.05, 4.69) is 12.1 Å². The highest BCUT2D eigenvalue weighted by molar-refractivity contribution is 6.25. The van der Waals surface area contributed by atoms with Crippen LogP contribution in [-0.2, 0) is 0 Å². The zero-order chi connectivity index (χ0) is 14.8. The second kappa shape index (κ2) is 5.26. The Bertz CT molecular complexity index is 793. The Morgan fingerprint density at radius 1 is 1.14 bits per heavy atom. The van der Waals surface area contributed by atoms with Gasteiger partial charge in [-0.05, 0) is 23.9 Å². The molecule has 1 amide bonds. The van der Waals surface area contributed by atoms with Crippen LogP contribution in [0.3, 0.4) is 0 Å². The van der Waals surface area contributed by atoms with Gasteiger partial charge in [-0.1, -0.05) is 24.3 Å². The number of nitriles is 2. The lowest BCUT2D eigenvalue weighted by atomic mass is 10.0. The summed E-state index contributed by atoms with van der Waals surface area (Å²) in [7, 11) is 0. The van der Waals surface area contributed by atoms with Gasteiger partial charge in [0.2, 0.25) is 0 Å². The molecule has 4 heteroatoms. The van der Waals surface area contributed by atoms with Crippen molar-refractivity contribution < 1.29 is 4.79 Å². The maximum absolute atomic E-state index is 12.6. The monoisotopic (exact) mass is 275 g/mol. The van der Waals surface area contributed by atoms with E-state index in [-0.39, 0.29) is 11.8 Å². The summed E-state index contributed by atoms with van der Waals surface area (Å²) in [5, 5.41) is 19.9. The van der Waals surface area contributed by atoms with Crippen molar-refractivity contribution in [1.82, 2.24) is 0 Å². The molecular weight excluding hydrogens is 262 g/mol. The van der Waals surface area contributed by atoms with Crippen molar-refractivity contribution in [3.05, 3.63) is 42.0 Å². The fourth-order valence-electron chi connectivity index (χ4n) is 2.82. The minimum atomic E-state index is -0.321. The second-order valence-electron chi connectivity index (χ2n) is 5.12. The van der Waals surface area contributed by atoms with Crippen LogP contribution in [-0.4, -0.2) is 12.5 Å². The molecule has 0 unspecified atom stereocenters. The highest BCUT2D eigenvalue weighted by Gasteiger charge is 2.30. The van der Waals surface area contributed by atoms with Crippen molar-refractivity contribution in [1.29, 1.82) is 10.5 Å². The summed E-state index contributed by atoms with van der Waals surface area (Å²) in [5.74, 6) is -0.378. The topological polar surface area (TPSA) is 67.9 Å². The number of anilines is 1. The first-order valence-corrected chi connectivity index (χ1v) is 6.86. The molecule has 1 heterocycles. The van der Waals surface area contributed by atoms with Gasteiger partial charge in [0.05, 0.1) is 23.7 Å². The van der Waals surface area contributed by atoms with E-state index in [0.29, 0.717) is 24.9 Å². The van der Waals surface area contributed by atoms with Crippen molar-refractivity contribution in [3.8, 4) is 12.1 Å². The molecule has 0 bridgehead atoms. The predicted octanol–water partition coefficient (Wildman–Crippen LogP) is 3.24. The number of rotatable bonds is 4. The van der Waals surface area contributed by atoms with Gasteiger partial charge in [-0.2, -0.15) is 10.5 Å². The van der Waals surface area contributed by atoms with Crippen molar-refractivity contribution in [3.63, 3.8) is 0 Å². The molecule has 1 atom stereocenters. The highest BCUT2D eigenvalue weighted by atomic mass is 16.2. The highest BCUT2D eigenvalue weighted by Crippen LogP contribution is 2.37. The first-order valence-electron chi connectivity index (χ1n) is 6.86. The van der Waals surface area contributed by atoms with Gasteiger partial charge in [0.25, 0.3) is 5.91 Å². The SMILES string of the molecule is N#CCC[C@@H](C#N)CN1C(=O)c2cccc3cccc1c23. The zero-order valence-corrected chi connectivity index (χ0v) is 11.4. The van der Waals surface area contributed by atoms with Gasteiger partial charge in [0, 0.05) is 23.9 Å². The standard InChI is InChI=1S/C17H13N3O/c18-9-3-4-12(10-19)11-20-15-8-2-6-13-5-1-7-14(16(13)15)17(20)21/h1-2,5-8,12H,3-4,11H2/t12-/m0/s1. The van der Waals surface area contributed by atoms with Crippen LogP contribution in [0.5, 0.6) is 0 Å². The Labute approximate surface area is 122 Å². The zero-order valence-electron chi connectivity index (χ0n) is 11.4. The molecule has 0 fully saturated rings. The molecule has 102 valence electrons. The third kappa shape index (κ3) is 2.11. The van der Waals surface area contributed by atoms with Gasteiger partial charge in [-0.3, -0.25) is 4.79 Å². The molecule has 0 spiro atoms. The molecule has 2 aromatic rings. The van der Waals surface area contributed by atoms with Crippen LogP contribution in [0.2, 0.25) is 0 Å². The van der Waals surface area contributed by atoms with Gasteiger partial charge in [0.15, 0.2) is 0 Å². The van der Waals surface area contributed by atoms with Crippen LogP contribution in [0.4, 0.5) is 5.69 Å². The van der Waals surface area contributed by atoms with Crippen LogP contribution in [0.15, 0.2) is 36.4 Å². The van der Waals surface area contributed by atoms with Crippen LogP contribution in [0.25, 0.3) is 10.8 Å². The number of nitrogens with zero attached hydrogens (tertiary/aromatic N) is 3. The average Bonchev–Trinajstić information content (AvgIpc) is 2.79. The van der Waals surface area contributed by atoms with E-state index in [4.69, 9.17) is 5.26 Å². The van der Waals surface area contributed by atoms with Crippen molar-refractivity contribution in [2.45, 2.75) is 12.8 Å². The molecule has 1 aliphatic rings. The van der Waals surface area contributed by atoms with Gasteiger partial charge < -0.3 is 4.90 Å².